The number of carbonyl (C=O) groups is 1. The summed E-state index contributed by atoms with van der Waals surface area (Å²) < 4.78 is 3.71. The van der Waals surface area contributed by atoms with Gasteiger partial charge >= 0.3 is 0 Å². The Morgan fingerprint density at radius 1 is 1.23 bits per heavy atom. The molecule has 1 amide bonds. The molecule has 0 saturated heterocycles. The van der Waals surface area contributed by atoms with Gasteiger partial charge in [-0.05, 0) is 52.3 Å². The normalized spacial score (nSPS) is 12.7. The highest BCUT2D eigenvalue weighted by Crippen LogP contribution is 2.29. The van der Waals surface area contributed by atoms with E-state index >= 15 is 0 Å². The van der Waals surface area contributed by atoms with Crippen LogP contribution in [-0.2, 0) is 6.54 Å². The number of fused-ring (bicyclic) bond motifs is 2. The maximum Gasteiger partial charge on any atom is 0.262 e. The van der Waals surface area contributed by atoms with Crippen LogP contribution in [0.5, 0.6) is 0 Å². The van der Waals surface area contributed by atoms with Crippen LogP contribution >= 0.6 is 11.3 Å². The number of carbonyl (C=O) groups excluding carboxylic acids is 1. The number of para-hydroxylation sites is 2. The number of hydrogen-bond acceptors (Lipinski definition) is 5. The molecular formula is C22H25N5O2S. The highest BCUT2D eigenvalue weighted by atomic mass is 32.1. The van der Waals surface area contributed by atoms with Crippen molar-refractivity contribution in [3.63, 3.8) is 0 Å². The molecule has 1 aromatic carbocycles. The number of rotatable bonds is 5. The van der Waals surface area contributed by atoms with Gasteiger partial charge < -0.3 is 9.88 Å². The topological polar surface area (TPSA) is 81.8 Å². The van der Waals surface area contributed by atoms with Crippen molar-refractivity contribution in [1.29, 1.82) is 0 Å². The SMILES string of the molecule is CCn1cnc2sc(C(=O)N[C@H](C)c3nc4ccccc4n3C(C)C)c(C)c2c1=O. The monoisotopic (exact) mass is 423 g/mol. The molecule has 8 heteroatoms. The minimum atomic E-state index is -0.294. The van der Waals surface area contributed by atoms with Crippen LogP contribution in [0.2, 0.25) is 0 Å². The van der Waals surface area contributed by atoms with E-state index in [9.17, 15) is 9.59 Å². The number of benzene rings is 1. The number of nitrogens with one attached hydrogen (secondary N) is 1. The fourth-order valence-corrected chi connectivity index (χ4v) is 4.88. The Morgan fingerprint density at radius 2 is 1.97 bits per heavy atom. The highest BCUT2D eigenvalue weighted by Gasteiger charge is 2.24. The third kappa shape index (κ3) is 3.21. The Morgan fingerprint density at radius 3 is 2.67 bits per heavy atom. The summed E-state index contributed by atoms with van der Waals surface area (Å²) in [4.78, 5) is 36.0. The molecule has 4 rings (SSSR count). The highest BCUT2D eigenvalue weighted by molar-refractivity contribution is 7.20. The lowest BCUT2D eigenvalue weighted by Gasteiger charge is -2.18. The molecule has 0 aliphatic carbocycles. The molecule has 0 spiro atoms. The average Bonchev–Trinajstić information content (AvgIpc) is 3.27. The molecule has 0 unspecified atom stereocenters. The van der Waals surface area contributed by atoms with Crippen molar-refractivity contribution in [1.82, 2.24) is 24.4 Å². The summed E-state index contributed by atoms with van der Waals surface area (Å²) in [6, 6.07) is 7.89. The van der Waals surface area contributed by atoms with Crippen molar-refractivity contribution in [3.8, 4) is 0 Å². The molecule has 0 bridgehead atoms. The number of nitrogens with zero attached hydrogens (tertiary/aromatic N) is 4. The third-order valence-corrected chi connectivity index (χ3v) is 6.54. The van der Waals surface area contributed by atoms with E-state index in [1.165, 1.54) is 17.7 Å². The van der Waals surface area contributed by atoms with Crippen molar-refractivity contribution in [2.75, 3.05) is 0 Å². The van der Waals surface area contributed by atoms with Crippen molar-refractivity contribution in [2.45, 2.75) is 53.2 Å². The summed E-state index contributed by atoms with van der Waals surface area (Å²) in [6.07, 6.45) is 1.54. The number of imidazole rings is 1. The van der Waals surface area contributed by atoms with Gasteiger partial charge in [0, 0.05) is 12.6 Å². The molecular weight excluding hydrogens is 398 g/mol. The molecule has 1 N–H and O–H groups in total. The second-order valence-electron chi connectivity index (χ2n) is 7.69. The van der Waals surface area contributed by atoms with E-state index in [4.69, 9.17) is 4.98 Å². The Hall–Kier alpha value is -3.00. The first-order valence-corrected chi connectivity index (χ1v) is 10.9. The summed E-state index contributed by atoms with van der Waals surface area (Å²) in [7, 11) is 0. The quantitative estimate of drug-likeness (QED) is 0.521. The Balaban J connectivity index is 1.71. The van der Waals surface area contributed by atoms with Gasteiger partial charge in [-0.25, -0.2) is 9.97 Å². The van der Waals surface area contributed by atoms with E-state index in [0.717, 1.165) is 16.9 Å². The van der Waals surface area contributed by atoms with Gasteiger partial charge in [-0.2, -0.15) is 0 Å². The van der Waals surface area contributed by atoms with E-state index in [0.29, 0.717) is 27.2 Å². The second-order valence-corrected chi connectivity index (χ2v) is 8.69. The maximum atomic E-state index is 13.1. The van der Waals surface area contributed by atoms with Crippen LogP contribution in [0.15, 0.2) is 35.4 Å². The van der Waals surface area contributed by atoms with Crippen molar-refractivity contribution in [2.24, 2.45) is 0 Å². The van der Waals surface area contributed by atoms with Crippen molar-refractivity contribution < 1.29 is 4.79 Å². The molecule has 0 radical (unpaired) electrons. The average molecular weight is 424 g/mol. The van der Waals surface area contributed by atoms with Crippen LogP contribution < -0.4 is 10.9 Å². The first-order valence-electron chi connectivity index (χ1n) is 10.1. The van der Waals surface area contributed by atoms with Gasteiger partial charge in [0.1, 0.15) is 10.7 Å². The number of aromatic nitrogens is 4. The summed E-state index contributed by atoms with van der Waals surface area (Å²) >= 11 is 1.25. The molecule has 1 atom stereocenters. The molecule has 7 nitrogen and oxygen atoms in total. The Kier molecular flexibility index (Phi) is 5.19. The minimum Gasteiger partial charge on any atom is -0.342 e. The predicted molar refractivity (Wildman–Crippen MR) is 120 cm³/mol. The largest absolute Gasteiger partial charge is 0.342 e. The van der Waals surface area contributed by atoms with Crippen LogP contribution in [-0.4, -0.2) is 25.0 Å². The second kappa shape index (κ2) is 7.68. The van der Waals surface area contributed by atoms with Crippen LogP contribution in [0, 0.1) is 6.92 Å². The van der Waals surface area contributed by atoms with Gasteiger partial charge in [-0.3, -0.25) is 14.2 Å². The van der Waals surface area contributed by atoms with Gasteiger partial charge in [0.05, 0.1) is 33.7 Å². The van der Waals surface area contributed by atoms with Gasteiger partial charge in [-0.1, -0.05) is 12.1 Å². The van der Waals surface area contributed by atoms with E-state index < -0.39 is 0 Å². The smallest absolute Gasteiger partial charge is 0.262 e. The van der Waals surface area contributed by atoms with Crippen molar-refractivity contribution >= 4 is 38.5 Å². The van der Waals surface area contributed by atoms with Gasteiger partial charge in [-0.15, -0.1) is 11.3 Å². The lowest BCUT2D eigenvalue weighted by atomic mass is 10.2. The van der Waals surface area contributed by atoms with Crippen LogP contribution in [0.3, 0.4) is 0 Å². The number of amides is 1. The zero-order valence-electron chi connectivity index (χ0n) is 17.8. The molecule has 0 aliphatic rings. The molecule has 30 heavy (non-hydrogen) atoms. The van der Waals surface area contributed by atoms with E-state index in [1.807, 2.05) is 45.0 Å². The molecule has 0 aliphatic heterocycles. The molecule has 3 heterocycles. The molecule has 3 aromatic heterocycles. The van der Waals surface area contributed by atoms with Crippen LogP contribution in [0.1, 0.15) is 60.8 Å². The number of aryl methyl sites for hydroxylation is 2. The fraction of sp³-hybridized carbons (Fsp3) is 0.364. The third-order valence-electron chi connectivity index (χ3n) is 5.34. The van der Waals surface area contributed by atoms with Crippen molar-refractivity contribution in [3.05, 3.63) is 57.2 Å². The minimum absolute atomic E-state index is 0.107. The van der Waals surface area contributed by atoms with Crippen LogP contribution in [0.25, 0.3) is 21.3 Å². The molecule has 0 saturated carbocycles. The summed E-state index contributed by atoms with van der Waals surface area (Å²) in [5, 5.41) is 3.59. The zero-order valence-corrected chi connectivity index (χ0v) is 18.6. The molecule has 0 fully saturated rings. The maximum absolute atomic E-state index is 13.1. The van der Waals surface area contributed by atoms with Gasteiger partial charge in [0.15, 0.2) is 0 Å². The van der Waals surface area contributed by atoms with E-state index in [-0.39, 0.29) is 23.6 Å². The molecule has 4 aromatic rings. The zero-order chi connectivity index (χ0) is 21.6. The number of hydrogen-bond donors (Lipinski definition) is 1. The predicted octanol–water partition coefficient (Wildman–Crippen LogP) is 4.21. The van der Waals surface area contributed by atoms with Gasteiger partial charge in [0.2, 0.25) is 0 Å². The summed E-state index contributed by atoms with van der Waals surface area (Å²) in [5.74, 6) is 0.595. The Bertz CT molecular complexity index is 1310. The lowest BCUT2D eigenvalue weighted by molar-refractivity contribution is 0.0941. The first kappa shape index (κ1) is 20.3. The lowest BCUT2D eigenvalue weighted by Crippen LogP contribution is -2.29. The standard InChI is InChI=1S/C22H25N5O2S/c1-6-26-11-23-21-17(22(26)29)13(4)18(30-21)20(28)24-14(5)19-25-15-9-7-8-10-16(15)27(19)12(2)3/h7-12,14H,6H2,1-5H3,(H,24,28)/t14-/m1/s1. The number of thiophene rings is 1. The first-order chi connectivity index (χ1) is 14.3. The van der Waals surface area contributed by atoms with Crippen LogP contribution in [0.4, 0.5) is 0 Å². The van der Waals surface area contributed by atoms with Gasteiger partial charge in [0.25, 0.3) is 11.5 Å². The summed E-state index contributed by atoms with van der Waals surface area (Å²) in [5.41, 5.74) is 2.53. The molecule has 156 valence electrons. The fourth-order valence-electron chi connectivity index (χ4n) is 3.84. The Labute approximate surface area is 178 Å². The van der Waals surface area contributed by atoms with E-state index in [2.05, 4.69) is 28.7 Å². The summed E-state index contributed by atoms with van der Waals surface area (Å²) in [6.45, 7) is 10.4. The van der Waals surface area contributed by atoms with E-state index in [1.54, 1.807) is 4.57 Å².